The topological polar surface area (TPSA) is 43.4 Å². The molecule has 0 N–H and O–H groups in total. The molecule has 0 aliphatic rings. The Morgan fingerprint density at radius 3 is 2.58 bits per heavy atom. The summed E-state index contributed by atoms with van der Waals surface area (Å²) in [7, 11) is 0.592. The van der Waals surface area contributed by atoms with Crippen LogP contribution in [0.1, 0.15) is 26.7 Å². The van der Waals surface area contributed by atoms with E-state index in [-0.39, 0.29) is 0 Å². The molecule has 4 heteroatoms. The minimum absolute atomic E-state index is 0.388. The first-order chi connectivity index (χ1) is 5.66. The molecule has 0 saturated carbocycles. The van der Waals surface area contributed by atoms with Crippen LogP contribution in [0.4, 0.5) is 0 Å². The van der Waals surface area contributed by atoms with Crippen molar-refractivity contribution in [2.45, 2.75) is 26.7 Å². The van der Waals surface area contributed by atoms with Gasteiger partial charge in [-0.25, -0.2) is 0 Å². The molecule has 0 aliphatic carbocycles. The number of rotatable bonds is 5. The van der Waals surface area contributed by atoms with Crippen molar-refractivity contribution in [3.63, 3.8) is 0 Å². The summed E-state index contributed by atoms with van der Waals surface area (Å²) in [5, 5.41) is 0. The van der Waals surface area contributed by atoms with E-state index in [0.717, 1.165) is 19.0 Å². The first-order valence-corrected chi connectivity index (χ1v) is 5.50. The van der Waals surface area contributed by atoms with Gasteiger partial charge in [0, 0.05) is 6.92 Å². The van der Waals surface area contributed by atoms with Crippen molar-refractivity contribution in [2.24, 2.45) is 0 Å². The molecule has 0 aromatic heterocycles. The Balaban J connectivity index is 3.26. The number of ether oxygens (including phenoxy) is 1. The number of esters is 2. The molecule has 0 aromatic rings. The second-order valence-corrected chi connectivity index (χ2v) is 3.85. The summed E-state index contributed by atoms with van der Waals surface area (Å²) in [5.41, 5.74) is 0. The van der Waals surface area contributed by atoms with Crippen LogP contribution in [0.2, 0.25) is 0 Å². The van der Waals surface area contributed by atoms with Crippen LogP contribution in [-0.4, -0.2) is 24.3 Å². The lowest BCUT2D eigenvalue weighted by Crippen LogP contribution is -2.10. The highest BCUT2D eigenvalue weighted by Gasteiger charge is 2.04. The monoisotopic (exact) mass is 190 g/mol. The zero-order valence-corrected chi connectivity index (χ0v) is 8.55. The Morgan fingerprint density at radius 2 is 2.08 bits per heavy atom. The number of carbonyl (C=O) groups is 2. The van der Waals surface area contributed by atoms with Crippen molar-refractivity contribution < 1.29 is 14.3 Å². The van der Waals surface area contributed by atoms with Crippen molar-refractivity contribution in [3.8, 4) is 0 Å². The highest BCUT2D eigenvalue weighted by atomic mass is 31.1. The maximum absolute atomic E-state index is 10.8. The molecular weight excluding hydrogens is 175 g/mol. The maximum Gasteiger partial charge on any atom is 0.317 e. The summed E-state index contributed by atoms with van der Waals surface area (Å²) in [6, 6.07) is 0. The van der Waals surface area contributed by atoms with Gasteiger partial charge in [0.05, 0.1) is 6.16 Å². The molecule has 0 amide bonds. The van der Waals surface area contributed by atoms with Crippen LogP contribution in [0.15, 0.2) is 0 Å². The van der Waals surface area contributed by atoms with E-state index in [1.165, 1.54) is 6.92 Å². The molecular formula is C8H15O3P. The molecule has 0 spiro atoms. The van der Waals surface area contributed by atoms with E-state index in [0.29, 0.717) is 14.7 Å². The van der Waals surface area contributed by atoms with E-state index in [9.17, 15) is 9.59 Å². The Bertz CT molecular complexity index is 156. The van der Waals surface area contributed by atoms with Crippen LogP contribution in [0.5, 0.6) is 0 Å². The third-order valence-electron chi connectivity index (χ3n) is 1.23. The van der Waals surface area contributed by atoms with Crippen LogP contribution in [-0.2, 0) is 14.3 Å². The van der Waals surface area contributed by atoms with Crippen LogP contribution < -0.4 is 0 Å². The maximum atomic E-state index is 10.8. The van der Waals surface area contributed by atoms with Crippen LogP contribution in [0.25, 0.3) is 0 Å². The summed E-state index contributed by atoms with van der Waals surface area (Å²) < 4.78 is 4.36. The van der Waals surface area contributed by atoms with Gasteiger partial charge in [-0.05, 0) is 12.6 Å². The molecule has 0 bridgehead atoms. The van der Waals surface area contributed by atoms with Crippen molar-refractivity contribution in [1.82, 2.24) is 0 Å². The number of carbonyl (C=O) groups excluding carboxylic acids is 2. The molecule has 12 heavy (non-hydrogen) atoms. The molecule has 0 saturated heterocycles. The van der Waals surface area contributed by atoms with Gasteiger partial charge in [0.1, 0.15) is 0 Å². The zero-order valence-electron chi connectivity index (χ0n) is 7.55. The normalized spacial score (nSPS) is 10.5. The quantitative estimate of drug-likeness (QED) is 0.286. The molecule has 0 aliphatic heterocycles. The lowest BCUT2D eigenvalue weighted by Gasteiger charge is -1.99. The van der Waals surface area contributed by atoms with Gasteiger partial charge in [0.25, 0.3) is 0 Å². The highest BCUT2D eigenvalue weighted by molar-refractivity contribution is 7.39. The molecule has 0 fully saturated rings. The Hall–Kier alpha value is -0.430. The minimum Gasteiger partial charge on any atom is -0.393 e. The van der Waals surface area contributed by atoms with E-state index < -0.39 is 11.9 Å². The molecule has 0 rings (SSSR count). The minimum atomic E-state index is -0.514. The lowest BCUT2D eigenvalue weighted by molar-refractivity contribution is -0.156. The fourth-order valence-corrected chi connectivity index (χ4v) is 1.75. The molecule has 0 aromatic carbocycles. The summed E-state index contributed by atoms with van der Waals surface area (Å²) in [6.45, 7) is 3.35. The Morgan fingerprint density at radius 1 is 1.42 bits per heavy atom. The first kappa shape index (κ1) is 11.6. The molecule has 1 unspecified atom stereocenters. The van der Waals surface area contributed by atoms with E-state index in [2.05, 4.69) is 11.7 Å². The lowest BCUT2D eigenvalue weighted by atomic mass is 10.4. The Kier molecular flexibility index (Phi) is 6.97. The van der Waals surface area contributed by atoms with Gasteiger partial charge < -0.3 is 4.74 Å². The van der Waals surface area contributed by atoms with Crippen LogP contribution >= 0.6 is 8.58 Å². The van der Waals surface area contributed by atoms with Crippen molar-refractivity contribution >= 4 is 20.5 Å². The summed E-state index contributed by atoms with van der Waals surface area (Å²) >= 11 is 0. The summed E-state index contributed by atoms with van der Waals surface area (Å²) in [6.07, 6.45) is 3.74. The third-order valence-corrected chi connectivity index (χ3v) is 2.48. The zero-order chi connectivity index (χ0) is 9.40. The second-order valence-electron chi connectivity index (χ2n) is 2.50. The first-order valence-electron chi connectivity index (χ1n) is 4.08. The molecule has 1 atom stereocenters. The van der Waals surface area contributed by atoms with Crippen LogP contribution in [0, 0.1) is 0 Å². The van der Waals surface area contributed by atoms with Gasteiger partial charge in [-0.15, -0.1) is 8.58 Å². The average Bonchev–Trinajstić information content (AvgIpc) is 1.97. The summed E-state index contributed by atoms with van der Waals surface area (Å²) in [4.78, 5) is 21.1. The van der Waals surface area contributed by atoms with Crippen molar-refractivity contribution in [1.29, 1.82) is 0 Å². The predicted molar refractivity (Wildman–Crippen MR) is 49.7 cm³/mol. The average molecular weight is 190 g/mol. The highest BCUT2D eigenvalue weighted by Crippen LogP contribution is 2.12. The molecule has 70 valence electrons. The van der Waals surface area contributed by atoms with Crippen molar-refractivity contribution in [3.05, 3.63) is 0 Å². The van der Waals surface area contributed by atoms with E-state index in [1.54, 1.807) is 0 Å². The predicted octanol–water partition coefficient (Wildman–Crippen LogP) is 1.55. The Labute approximate surface area is 74.6 Å². The van der Waals surface area contributed by atoms with Crippen LogP contribution in [0.3, 0.4) is 0 Å². The summed E-state index contributed by atoms with van der Waals surface area (Å²) in [5.74, 6) is -0.905. The third kappa shape index (κ3) is 7.67. The number of unbranched alkanes of at least 4 members (excludes halogenated alkanes) is 1. The second kappa shape index (κ2) is 7.23. The molecule has 3 nitrogen and oxygen atoms in total. The molecule has 0 radical (unpaired) electrons. The fraction of sp³-hybridized carbons (Fsp3) is 0.750. The van der Waals surface area contributed by atoms with E-state index >= 15 is 0 Å². The van der Waals surface area contributed by atoms with Gasteiger partial charge in [-0.2, -0.15) is 0 Å². The fourth-order valence-electron chi connectivity index (χ4n) is 0.689. The number of hydrogen-bond acceptors (Lipinski definition) is 3. The van der Waals surface area contributed by atoms with Gasteiger partial charge in [-0.1, -0.05) is 13.3 Å². The van der Waals surface area contributed by atoms with Gasteiger partial charge in [0.15, 0.2) is 0 Å². The van der Waals surface area contributed by atoms with E-state index in [1.807, 2.05) is 0 Å². The van der Waals surface area contributed by atoms with Crippen molar-refractivity contribution in [2.75, 3.05) is 12.3 Å². The number of hydrogen-bond donors (Lipinski definition) is 0. The van der Waals surface area contributed by atoms with E-state index in [4.69, 9.17) is 0 Å². The molecule has 0 heterocycles. The van der Waals surface area contributed by atoms with Gasteiger partial charge >= 0.3 is 11.9 Å². The van der Waals surface area contributed by atoms with Gasteiger partial charge in [-0.3, -0.25) is 9.59 Å². The standard InChI is InChI=1S/C8H15O3P/c1-3-4-5-12-6-8(10)11-7(2)9/h12H,3-6H2,1-2H3. The largest absolute Gasteiger partial charge is 0.393 e. The van der Waals surface area contributed by atoms with Gasteiger partial charge in [0.2, 0.25) is 0 Å². The smallest absolute Gasteiger partial charge is 0.317 e. The SMILES string of the molecule is CCCCPCC(=O)OC(C)=O.